The summed E-state index contributed by atoms with van der Waals surface area (Å²) in [5, 5.41) is 4.39. The topological polar surface area (TPSA) is 24.4 Å². The zero-order valence-electron chi connectivity index (χ0n) is 10.8. The van der Waals surface area contributed by atoms with Crippen molar-refractivity contribution >= 4 is 50.1 Å². The zero-order chi connectivity index (χ0) is 14.0. The van der Waals surface area contributed by atoms with Gasteiger partial charge in [-0.1, -0.05) is 30.3 Å². The summed E-state index contributed by atoms with van der Waals surface area (Å²) in [5.74, 6) is 0.658. The van der Waals surface area contributed by atoms with Gasteiger partial charge in [-0.15, -0.1) is 0 Å². The Kier molecular flexibility index (Phi) is 4.79. The summed E-state index contributed by atoms with van der Waals surface area (Å²) in [6.07, 6.45) is 2.06. The molecule has 1 aromatic rings. The second-order valence-corrected chi connectivity index (χ2v) is 7.08. The Hall–Kier alpha value is -0.260. The fourth-order valence-corrected chi connectivity index (χ4v) is 3.88. The van der Waals surface area contributed by atoms with Crippen LogP contribution in [0.4, 0.5) is 10.1 Å². The minimum absolute atomic E-state index is 0.0213. The summed E-state index contributed by atoms with van der Waals surface area (Å²) in [5.41, 5.74) is 0.640. The van der Waals surface area contributed by atoms with Gasteiger partial charge < -0.3 is 5.32 Å². The Labute approximate surface area is 130 Å². The molecule has 0 bridgehead atoms. The summed E-state index contributed by atoms with van der Waals surface area (Å²) in [4.78, 5) is 4.73. The monoisotopic (exact) mass is 364 g/mol. The molecular formula is C13H15BrClFN2S. The molecule has 0 radical (unpaired) electrons. The van der Waals surface area contributed by atoms with Crippen LogP contribution in [-0.4, -0.2) is 16.5 Å². The lowest BCUT2D eigenvalue weighted by Gasteiger charge is -2.29. The summed E-state index contributed by atoms with van der Waals surface area (Å²) in [6.45, 7) is 4.29. The SMILES string of the molecule is CCC1(C)CCSC(Nc2c(Cl)cc(F)cc2Br)=N1. The van der Waals surface area contributed by atoms with E-state index in [0.717, 1.165) is 23.8 Å². The van der Waals surface area contributed by atoms with Crippen LogP contribution in [0.2, 0.25) is 5.02 Å². The molecule has 0 aliphatic carbocycles. The van der Waals surface area contributed by atoms with Gasteiger partial charge >= 0.3 is 0 Å². The number of nitrogens with zero attached hydrogens (tertiary/aromatic N) is 1. The number of thioether (sulfide) groups is 1. The fraction of sp³-hybridized carbons (Fsp3) is 0.462. The Morgan fingerprint density at radius 1 is 1.58 bits per heavy atom. The molecule has 1 heterocycles. The summed E-state index contributed by atoms with van der Waals surface area (Å²) in [6, 6.07) is 2.68. The molecule has 0 spiro atoms. The average Bonchev–Trinajstić information content (AvgIpc) is 2.34. The molecule has 6 heteroatoms. The Bertz CT molecular complexity index is 500. The molecule has 2 rings (SSSR count). The maximum Gasteiger partial charge on any atom is 0.161 e. The minimum atomic E-state index is -0.362. The van der Waals surface area contributed by atoms with Crippen molar-refractivity contribution in [3.63, 3.8) is 0 Å². The predicted molar refractivity (Wildman–Crippen MR) is 85.9 cm³/mol. The molecule has 0 saturated carbocycles. The molecule has 1 aliphatic rings. The highest BCUT2D eigenvalue weighted by Crippen LogP contribution is 2.35. The number of benzene rings is 1. The van der Waals surface area contributed by atoms with Crippen LogP contribution in [0, 0.1) is 5.82 Å². The number of hydrogen-bond acceptors (Lipinski definition) is 3. The molecule has 1 atom stereocenters. The first kappa shape index (κ1) is 15.1. The van der Waals surface area contributed by atoms with Crippen molar-refractivity contribution in [2.75, 3.05) is 11.1 Å². The van der Waals surface area contributed by atoms with E-state index in [4.69, 9.17) is 16.6 Å². The van der Waals surface area contributed by atoms with Gasteiger partial charge in [0.2, 0.25) is 0 Å². The Morgan fingerprint density at radius 3 is 2.95 bits per heavy atom. The van der Waals surface area contributed by atoms with Crippen LogP contribution in [0.5, 0.6) is 0 Å². The van der Waals surface area contributed by atoms with Crippen molar-refractivity contribution in [3.05, 3.63) is 27.4 Å². The number of halogens is 3. The van der Waals surface area contributed by atoms with E-state index in [1.54, 1.807) is 11.8 Å². The second kappa shape index (κ2) is 6.02. The first-order valence-electron chi connectivity index (χ1n) is 6.08. The van der Waals surface area contributed by atoms with Gasteiger partial charge in [-0.3, -0.25) is 4.99 Å². The highest BCUT2D eigenvalue weighted by molar-refractivity contribution is 9.10. The third-order valence-electron chi connectivity index (χ3n) is 3.25. The van der Waals surface area contributed by atoms with Crippen LogP contribution in [0.15, 0.2) is 21.6 Å². The lowest BCUT2D eigenvalue weighted by Crippen LogP contribution is -2.29. The highest BCUT2D eigenvalue weighted by atomic mass is 79.9. The summed E-state index contributed by atoms with van der Waals surface area (Å²) >= 11 is 11.0. The van der Waals surface area contributed by atoms with Crippen LogP contribution < -0.4 is 5.32 Å². The lowest BCUT2D eigenvalue weighted by atomic mass is 9.97. The highest BCUT2D eigenvalue weighted by Gasteiger charge is 2.26. The molecule has 19 heavy (non-hydrogen) atoms. The molecular weight excluding hydrogens is 351 g/mol. The number of amidine groups is 1. The van der Waals surface area contributed by atoms with Crippen LogP contribution in [0.3, 0.4) is 0 Å². The predicted octanol–water partition coefficient (Wildman–Crippen LogP) is 5.32. The molecule has 1 aromatic carbocycles. The van der Waals surface area contributed by atoms with Crippen molar-refractivity contribution in [2.45, 2.75) is 32.2 Å². The lowest BCUT2D eigenvalue weighted by molar-refractivity contribution is 0.443. The van der Waals surface area contributed by atoms with Crippen molar-refractivity contribution in [3.8, 4) is 0 Å². The summed E-state index contributed by atoms with van der Waals surface area (Å²) < 4.78 is 13.8. The largest absolute Gasteiger partial charge is 0.333 e. The molecule has 2 nitrogen and oxygen atoms in total. The van der Waals surface area contributed by atoms with E-state index in [1.807, 2.05) is 0 Å². The van der Waals surface area contributed by atoms with Crippen molar-refractivity contribution in [2.24, 2.45) is 4.99 Å². The normalized spacial score (nSPS) is 23.1. The smallest absolute Gasteiger partial charge is 0.161 e. The summed E-state index contributed by atoms with van der Waals surface area (Å²) in [7, 11) is 0. The third kappa shape index (κ3) is 3.64. The first-order valence-corrected chi connectivity index (χ1v) is 8.23. The quantitative estimate of drug-likeness (QED) is 0.767. The molecule has 1 unspecified atom stereocenters. The van der Waals surface area contributed by atoms with Gasteiger partial charge in [0.05, 0.1) is 16.2 Å². The van der Waals surface area contributed by atoms with Gasteiger partial charge in [0.15, 0.2) is 5.17 Å². The van der Waals surface area contributed by atoms with Gasteiger partial charge in [0.25, 0.3) is 0 Å². The first-order chi connectivity index (χ1) is 8.93. The zero-order valence-corrected chi connectivity index (χ0v) is 13.9. The molecule has 0 fully saturated rings. The standard InChI is InChI=1S/C13H15BrClFN2S/c1-3-13(2)4-5-19-12(18-13)17-11-9(14)6-8(16)7-10(11)15/h6-7H,3-5H2,1-2H3,(H,17,18). The number of hydrogen-bond donors (Lipinski definition) is 1. The molecule has 1 N–H and O–H groups in total. The van der Waals surface area contributed by atoms with Gasteiger partial charge in [-0.05, 0) is 47.8 Å². The third-order valence-corrected chi connectivity index (χ3v) is 5.05. The molecule has 0 amide bonds. The van der Waals surface area contributed by atoms with Crippen molar-refractivity contribution in [1.82, 2.24) is 0 Å². The maximum atomic E-state index is 13.2. The van der Waals surface area contributed by atoms with E-state index in [9.17, 15) is 4.39 Å². The number of nitrogens with one attached hydrogen (secondary N) is 1. The van der Waals surface area contributed by atoms with Crippen LogP contribution in [-0.2, 0) is 0 Å². The van der Waals surface area contributed by atoms with Crippen LogP contribution in [0.1, 0.15) is 26.7 Å². The fourth-order valence-electron chi connectivity index (χ4n) is 1.79. The van der Waals surface area contributed by atoms with E-state index in [-0.39, 0.29) is 11.4 Å². The van der Waals surface area contributed by atoms with E-state index in [2.05, 4.69) is 35.1 Å². The second-order valence-electron chi connectivity index (χ2n) is 4.74. The molecule has 1 aliphatic heterocycles. The van der Waals surface area contributed by atoms with Gasteiger partial charge in [0.1, 0.15) is 5.82 Å². The Morgan fingerprint density at radius 2 is 2.32 bits per heavy atom. The van der Waals surface area contributed by atoms with Crippen LogP contribution in [0.25, 0.3) is 0 Å². The van der Waals surface area contributed by atoms with Gasteiger partial charge in [-0.2, -0.15) is 0 Å². The van der Waals surface area contributed by atoms with E-state index in [1.165, 1.54) is 12.1 Å². The molecule has 104 valence electrons. The van der Waals surface area contributed by atoms with Gasteiger partial charge in [0, 0.05) is 10.2 Å². The van der Waals surface area contributed by atoms with E-state index in [0.29, 0.717) is 15.2 Å². The van der Waals surface area contributed by atoms with Crippen molar-refractivity contribution < 1.29 is 4.39 Å². The Balaban J connectivity index is 2.27. The minimum Gasteiger partial charge on any atom is -0.333 e. The maximum absolute atomic E-state index is 13.2. The number of anilines is 1. The average molecular weight is 366 g/mol. The van der Waals surface area contributed by atoms with Gasteiger partial charge in [-0.25, -0.2) is 4.39 Å². The van der Waals surface area contributed by atoms with E-state index >= 15 is 0 Å². The van der Waals surface area contributed by atoms with E-state index < -0.39 is 0 Å². The van der Waals surface area contributed by atoms with Crippen molar-refractivity contribution in [1.29, 1.82) is 0 Å². The number of rotatable bonds is 2. The molecule has 0 saturated heterocycles. The number of aliphatic imine (C=N–C) groups is 1. The molecule has 0 aromatic heterocycles. The van der Waals surface area contributed by atoms with Crippen LogP contribution >= 0.6 is 39.3 Å².